The van der Waals surface area contributed by atoms with Crippen molar-refractivity contribution in [1.82, 2.24) is 0 Å². The van der Waals surface area contributed by atoms with E-state index in [-0.39, 0.29) is 0 Å². The first-order valence-corrected chi connectivity index (χ1v) is 7.65. The lowest BCUT2D eigenvalue weighted by molar-refractivity contribution is 0.0839. The van der Waals surface area contributed by atoms with Gasteiger partial charge in [0.05, 0.1) is 5.60 Å². The molecule has 0 aliphatic rings. The maximum atomic E-state index is 10.5. The van der Waals surface area contributed by atoms with Crippen molar-refractivity contribution in [3.8, 4) is 0 Å². The van der Waals surface area contributed by atoms with E-state index in [2.05, 4.69) is 31.2 Å². The van der Waals surface area contributed by atoms with E-state index in [1.807, 2.05) is 37.3 Å². The van der Waals surface area contributed by atoms with Crippen LogP contribution in [0.25, 0.3) is 0 Å². The Morgan fingerprint density at radius 2 is 1.63 bits per heavy atom. The fraction of sp³-hybridized carbons (Fsp3) is 0.294. The van der Waals surface area contributed by atoms with Crippen molar-refractivity contribution in [2.45, 2.75) is 25.2 Å². The molecule has 0 heterocycles. The van der Waals surface area contributed by atoms with Crippen LogP contribution in [0.2, 0.25) is 0 Å². The number of aryl methyl sites for hydroxylation is 1. The molecule has 2 heteroatoms. The van der Waals surface area contributed by atoms with E-state index >= 15 is 0 Å². The molecule has 1 atom stereocenters. The van der Waals surface area contributed by atoms with Crippen LogP contribution in [-0.2, 0) is 11.4 Å². The SMILES string of the molecule is Cc1ccccc1CSCC(C)(O)c1ccccc1. The molecule has 0 aliphatic carbocycles. The van der Waals surface area contributed by atoms with Gasteiger partial charge in [0.1, 0.15) is 0 Å². The Morgan fingerprint density at radius 1 is 1.00 bits per heavy atom. The van der Waals surface area contributed by atoms with Crippen molar-refractivity contribution in [1.29, 1.82) is 0 Å². The van der Waals surface area contributed by atoms with Gasteiger partial charge in [0.2, 0.25) is 0 Å². The lowest BCUT2D eigenvalue weighted by atomic mass is 9.99. The van der Waals surface area contributed by atoms with Crippen LogP contribution in [0.5, 0.6) is 0 Å². The fourth-order valence-corrected chi connectivity index (χ4v) is 3.22. The minimum Gasteiger partial charge on any atom is -0.385 e. The summed E-state index contributed by atoms with van der Waals surface area (Å²) < 4.78 is 0. The average molecular weight is 272 g/mol. The normalized spacial score (nSPS) is 14.1. The molecule has 0 amide bonds. The topological polar surface area (TPSA) is 20.2 Å². The number of thioether (sulfide) groups is 1. The first-order valence-electron chi connectivity index (χ1n) is 6.50. The van der Waals surface area contributed by atoms with E-state index < -0.39 is 5.60 Å². The zero-order chi connectivity index (χ0) is 13.7. The summed E-state index contributed by atoms with van der Waals surface area (Å²) in [5.74, 6) is 1.64. The Bertz CT molecular complexity index is 520. The van der Waals surface area contributed by atoms with Crippen LogP contribution in [0.15, 0.2) is 54.6 Å². The molecule has 0 saturated heterocycles. The van der Waals surface area contributed by atoms with Crippen LogP contribution >= 0.6 is 11.8 Å². The molecule has 0 saturated carbocycles. The van der Waals surface area contributed by atoms with Gasteiger partial charge in [-0.25, -0.2) is 0 Å². The molecule has 2 aromatic rings. The molecule has 0 radical (unpaired) electrons. The van der Waals surface area contributed by atoms with Gasteiger partial charge in [-0.15, -0.1) is 0 Å². The van der Waals surface area contributed by atoms with Crippen molar-refractivity contribution in [3.63, 3.8) is 0 Å². The zero-order valence-electron chi connectivity index (χ0n) is 11.5. The lowest BCUT2D eigenvalue weighted by Crippen LogP contribution is -2.24. The summed E-state index contributed by atoms with van der Waals surface area (Å²) in [5, 5.41) is 10.5. The first kappa shape index (κ1) is 14.2. The largest absolute Gasteiger partial charge is 0.385 e. The minimum absolute atomic E-state index is 0.700. The first-order chi connectivity index (χ1) is 9.09. The highest BCUT2D eigenvalue weighted by molar-refractivity contribution is 7.98. The fourth-order valence-electron chi connectivity index (χ4n) is 2.01. The molecular formula is C17H20OS. The van der Waals surface area contributed by atoms with Crippen molar-refractivity contribution >= 4 is 11.8 Å². The Balaban J connectivity index is 1.94. The third kappa shape index (κ3) is 3.85. The average Bonchev–Trinajstić information content (AvgIpc) is 2.42. The summed E-state index contributed by atoms with van der Waals surface area (Å²) in [6, 6.07) is 18.3. The molecule has 2 aromatic carbocycles. The predicted octanol–water partition coefficient (Wildman–Crippen LogP) is 4.14. The highest BCUT2D eigenvalue weighted by Crippen LogP contribution is 2.27. The van der Waals surface area contributed by atoms with E-state index in [9.17, 15) is 5.11 Å². The summed E-state index contributed by atoms with van der Waals surface area (Å²) >= 11 is 1.77. The molecule has 1 N–H and O–H groups in total. The van der Waals surface area contributed by atoms with Crippen LogP contribution in [-0.4, -0.2) is 10.9 Å². The van der Waals surface area contributed by atoms with Gasteiger partial charge in [-0.3, -0.25) is 0 Å². The lowest BCUT2D eigenvalue weighted by Gasteiger charge is -2.23. The molecule has 0 fully saturated rings. The van der Waals surface area contributed by atoms with E-state index in [1.165, 1.54) is 11.1 Å². The zero-order valence-corrected chi connectivity index (χ0v) is 12.3. The predicted molar refractivity (Wildman–Crippen MR) is 83.4 cm³/mol. The third-order valence-electron chi connectivity index (χ3n) is 3.30. The van der Waals surface area contributed by atoms with Crippen LogP contribution in [0.4, 0.5) is 0 Å². The molecule has 0 aliphatic heterocycles. The van der Waals surface area contributed by atoms with Crippen molar-refractivity contribution in [3.05, 3.63) is 71.3 Å². The highest BCUT2D eigenvalue weighted by Gasteiger charge is 2.22. The van der Waals surface area contributed by atoms with Crippen LogP contribution in [0.1, 0.15) is 23.6 Å². The van der Waals surface area contributed by atoms with Crippen LogP contribution in [0, 0.1) is 6.92 Å². The molecule has 1 unspecified atom stereocenters. The molecule has 0 spiro atoms. The number of rotatable bonds is 5. The van der Waals surface area contributed by atoms with Gasteiger partial charge >= 0.3 is 0 Å². The maximum absolute atomic E-state index is 10.5. The Hall–Kier alpha value is -1.25. The molecular weight excluding hydrogens is 252 g/mol. The highest BCUT2D eigenvalue weighted by atomic mass is 32.2. The standard InChI is InChI=1S/C17H20OS/c1-14-8-6-7-9-15(14)12-19-13-17(2,18)16-10-4-3-5-11-16/h3-11,18H,12-13H2,1-2H3. The summed E-state index contributed by atoms with van der Waals surface area (Å²) in [4.78, 5) is 0. The summed E-state index contributed by atoms with van der Waals surface area (Å²) in [5.41, 5.74) is 2.87. The second kappa shape index (κ2) is 6.27. The molecule has 19 heavy (non-hydrogen) atoms. The maximum Gasteiger partial charge on any atom is 0.0958 e. The van der Waals surface area contributed by atoms with Gasteiger partial charge in [-0.2, -0.15) is 11.8 Å². The number of aliphatic hydroxyl groups is 1. The Morgan fingerprint density at radius 3 is 2.32 bits per heavy atom. The molecule has 0 bridgehead atoms. The molecule has 0 aromatic heterocycles. The smallest absolute Gasteiger partial charge is 0.0958 e. The molecule has 1 nitrogen and oxygen atoms in total. The van der Waals surface area contributed by atoms with Gasteiger partial charge in [0.25, 0.3) is 0 Å². The van der Waals surface area contributed by atoms with E-state index in [0.29, 0.717) is 5.75 Å². The van der Waals surface area contributed by atoms with Gasteiger partial charge in [0, 0.05) is 11.5 Å². The van der Waals surface area contributed by atoms with Crippen molar-refractivity contribution in [2.75, 3.05) is 5.75 Å². The monoisotopic (exact) mass is 272 g/mol. The Kier molecular flexibility index (Phi) is 4.67. The summed E-state index contributed by atoms with van der Waals surface area (Å²) in [7, 11) is 0. The van der Waals surface area contributed by atoms with Gasteiger partial charge in [-0.05, 0) is 30.5 Å². The Labute approximate surface area is 119 Å². The van der Waals surface area contributed by atoms with E-state index in [1.54, 1.807) is 11.8 Å². The van der Waals surface area contributed by atoms with E-state index in [0.717, 1.165) is 11.3 Å². The summed E-state index contributed by atoms with van der Waals surface area (Å²) in [6.45, 7) is 4.01. The van der Waals surface area contributed by atoms with Crippen molar-refractivity contribution in [2.24, 2.45) is 0 Å². The van der Waals surface area contributed by atoms with Crippen molar-refractivity contribution < 1.29 is 5.11 Å². The third-order valence-corrected chi connectivity index (χ3v) is 4.58. The molecule has 2 rings (SSSR count). The number of hydrogen-bond donors (Lipinski definition) is 1. The summed E-state index contributed by atoms with van der Waals surface area (Å²) in [6.07, 6.45) is 0. The van der Waals surface area contributed by atoms with E-state index in [4.69, 9.17) is 0 Å². The van der Waals surface area contributed by atoms with Crippen LogP contribution < -0.4 is 0 Å². The van der Waals surface area contributed by atoms with Gasteiger partial charge < -0.3 is 5.11 Å². The number of hydrogen-bond acceptors (Lipinski definition) is 2. The quantitative estimate of drug-likeness (QED) is 0.883. The second-order valence-corrected chi connectivity index (χ2v) is 6.04. The van der Waals surface area contributed by atoms with Gasteiger partial charge in [0.15, 0.2) is 0 Å². The minimum atomic E-state index is -0.769. The second-order valence-electron chi connectivity index (χ2n) is 5.06. The number of benzene rings is 2. The molecule has 100 valence electrons. The van der Waals surface area contributed by atoms with Gasteiger partial charge in [-0.1, -0.05) is 54.6 Å². The van der Waals surface area contributed by atoms with Crippen LogP contribution in [0.3, 0.4) is 0 Å².